The van der Waals surface area contributed by atoms with E-state index in [9.17, 15) is 14.3 Å². The molecular weight excluding hydrogens is 483 g/mol. The van der Waals surface area contributed by atoms with Gasteiger partial charge in [-0.15, -0.1) is 0 Å². The normalized spacial score (nSPS) is 15.1. The van der Waals surface area contributed by atoms with Gasteiger partial charge in [0.25, 0.3) is 0 Å². The fourth-order valence-corrected chi connectivity index (χ4v) is 4.73. The van der Waals surface area contributed by atoms with E-state index >= 15 is 0 Å². The Hall–Kier alpha value is -3.38. The molecule has 0 spiro atoms. The Balaban J connectivity index is 1.58. The summed E-state index contributed by atoms with van der Waals surface area (Å²) >= 11 is 0. The van der Waals surface area contributed by atoms with Crippen molar-refractivity contribution < 1.29 is 28.5 Å². The molecule has 0 bridgehead atoms. The average molecular weight is 521 g/mol. The molecule has 0 radical (unpaired) electrons. The van der Waals surface area contributed by atoms with Crippen LogP contribution in [0.3, 0.4) is 0 Å². The summed E-state index contributed by atoms with van der Waals surface area (Å²) in [6.45, 7) is 8.74. The minimum Gasteiger partial charge on any atom is -0.497 e. The molecule has 1 aliphatic rings. The molecule has 0 aliphatic heterocycles. The maximum atomic E-state index is 14.8. The first-order valence-electron chi connectivity index (χ1n) is 13.0. The molecular formula is C32H37FO5. The number of carboxylic acid groups (broad SMARTS) is 1. The highest BCUT2D eigenvalue weighted by Crippen LogP contribution is 2.57. The van der Waals surface area contributed by atoms with Crippen molar-refractivity contribution in [2.45, 2.75) is 71.7 Å². The molecule has 3 aromatic rings. The van der Waals surface area contributed by atoms with Gasteiger partial charge in [-0.2, -0.15) is 0 Å². The molecule has 6 heteroatoms. The predicted molar refractivity (Wildman–Crippen MR) is 146 cm³/mol. The zero-order valence-electron chi connectivity index (χ0n) is 22.8. The average Bonchev–Trinajstić information content (AvgIpc) is 3.63. The van der Waals surface area contributed by atoms with Crippen molar-refractivity contribution in [1.82, 2.24) is 0 Å². The van der Waals surface area contributed by atoms with E-state index < -0.39 is 5.97 Å². The number of methoxy groups -OCH3 is 1. The molecule has 1 atom stereocenters. The van der Waals surface area contributed by atoms with Crippen molar-refractivity contribution in [2.75, 3.05) is 7.11 Å². The molecule has 202 valence electrons. The third-order valence-electron chi connectivity index (χ3n) is 7.22. The summed E-state index contributed by atoms with van der Waals surface area (Å²) in [6, 6.07) is 18.3. The van der Waals surface area contributed by atoms with Crippen LogP contribution in [0.25, 0.3) is 11.1 Å². The van der Waals surface area contributed by atoms with Crippen molar-refractivity contribution in [2.24, 2.45) is 5.41 Å². The number of carboxylic acids is 1. The molecule has 5 nitrogen and oxygen atoms in total. The second kappa shape index (κ2) is 11.2. The first kappa shape index (κ1) is 27.6. The molecule has 1 aliphatic carbocycles. The number of hydrogen-bond donors (Lipinski definition) is 1. The van der Waals surface area contributed by atoms with Crippen LogP contribution in [-0.2, 0) is 22.7 Å². The van der Waals surface area contributed by atoms with Crippen LogP contribution in [-0.4, -0.2) is 23.8 Å². The molecule has 0 heterocycles. The van der Waals surface area contributed by atoms with E-state index in [1.807, 2.05) is 63.2 Å². The van der Waals surface area contributed by atoms with Gasteiger partial charge in [0, 0.05) is 5.56 Å². The molecule has 1 fully saturated rings. The summed E-state index contributed by atoms with van der Waals surface area (Å²) in [5.41, 5.74) is 3.64. The van der Waals surface area contributed by atoms with Gasteiger partial charge in [0.15, 0.2) is 0 Å². The predicted octanol–water partition coefficient (Wildman–Crippen LogP) is 7.75. The van der Waals surface area contributed by atoms with Crippen LogP contribution in [0.1, 0.15) is 69.6 Å². The van der Waals surface area contributed by atoms with Crippen molar-refractivity contribution in [3.8, 4) is 22.6 Å². The first-order valence-corrected chi connectivity index (χ1v) is 13.0. The molecule has 0 saturated heterocycles. The Labute approximate surface area is 224 Å². The SMILES string of the molecule is COc1ccc(F)c(-c2ccc(COc3cccc([C@H](CC(=O)O)C4(C)CC4)c3)cc2COC(C)(C)C)c1. The van der Waals surface area contributed by atoms with Crippen LogP contribution in [0.15, 0.2) is 60.7 Å². The quantitative estimate of drug-likeness (QED) is 0.280. The van der Waals surface area contributed by atoms with Crippen molar-refractivity contribution in [1.29, 1.82) is 0 Å². The molecule has 1 saturated carbocycles. The van der Waals surface area contributed by atoms with Crippen LogP contribution in [0.5, 0.6) is 11.5 Å². The molecule has 3 aromatic carbocycles. The van der Waals surface area contributed by atoms with E-state index in [0.29, 0.717) is 30.3 Å². The highest BCUT2D eigenvalue weighted by Gasteiger charge is 2.46. The van der Waals surface area contributed by atoms with Gasteiger partial charge in [-0.3, -0.25) is 4.79 Å². The summed E-state index contributed by atoms with van der Waals surface area (Å²) in [5.74, 6) is 0.118. The molecule has 0 amide bonds. The van der Waals surface area contributed by atoms with Crippen LogP contribution >= 0.6 is 0 Å². The van der Waals surface area contributed by atoms with Crippen LogP contribution in [0, 0.1) is 11.2 Å². The molecule has 0 aromatic heterocycles. The summed E-state index contributed by atoms with van der Waals surface area (Å²) in [5, 5.41) is 9.46. The molecule has 4 rings (SSSR count). The lowest BCUT2D eigenvalue weighted by molar-refractivity contribution is -0.137. The van der Waals surface area contributed by atoms with Crippen LogP contribution < -0.4 is 9.47 Å². The lowest BCUT2D eigenvalue weighted by atomic mass is 9.82. The van der Waals surface area contributed by atoms with Gasteiger partial charge in [-0.05, 0) is 104 Å². The van der Waals surface area contributed by atoms with Gasteiger partial charge in [0.05, 0.1) is 25.7 Å². The monoisotopic (exact) mass is 520 g/mol. The number of carbonyl (C=O) groups is 1. The summed E-state index contributed by atoms with van der Waals surface area (Å²) in [7, 11) is 1.56. The Bertz CT molecular complexity index is 1290. The zero-order valence-corrected chi connectivity index (χ0v) is 22.8. The van der Waals surface area contributed by atoms with Crippen molar-refractivity contribution in [3.63, 3.8) is 0 Å². The summed E-state index contributed by atoms with van der Waals surface area (Å²) in [4.78, 5) is 11.5. The van der Waals surface area contributed by atoms with Gasteiger partial charge >= 0.3 is 5.97 Å². The van der Waals surface area contributed by atoms with Gasteiger partial charge in [-0.1, -0.05) is 31.2 Å². The lowest BCUT2D eigenvalue weighted by Crippen LogP contribution is -2.19. The van der Waals surface area contributed by atoms with E-state index in [1.165, 1.54) is 6.07 Å². The largest absolute Gasteiger partial charge is 0.497 e. The third-order valence-corrected chi connectivity index (χ3v) is 7.22. The minimum absolute atomic E-state index is 0.0319. The second-order valence-electron chi connectivity index (χ2n) is 11.4. The fraction of sp³-hybridized carbons (Fsp3) is 0.406. The van der Waals surface area contributed by atoms with Gasteiger partial charge in [0.1, 0.15) is 23.9 Å². The number of halogens is 1. The van der Waals surface area contributed by atoms with E-state index in [0.717, 1.165) is 35.1 Å². The highest BCUT2D eigenvalue weighted by molar-refractivity contribution is 5.70. The van der Waals surface area contributed by atoms with Crippen LogP contribution in [0.2, 0.25) is 0 Å². The third kappa shape index (κ3) is 6.93. The Morgan fingerprint density at radius 3 is 2.42 bits per heavy atom. The second-order valence-corrected chi connectivity index (χ2v) is 11.4. The number of hydrogen-bond acceptors (Lipinski definition) is 4. The number of ether oxygens (including phenoxy) is 3. The summed E-state index contributed by atoms with van der Waals surface area (Å²) in [6.07, 6.45) is 2.19. The highest BCUT2D eigenvalue weighted by atomic mass is 19.1. The number of rotatable bonds is 11. The van der Waals surface area contributed by atoms with Gasteiger partial charge in [0.2, 0.25) is 0 Å². The Morgan fingerprint density at radius 1 is 1.00 bits per heavy atom. The van der Waals surface area contributed by atoms with E-state index in [1.54, 1.807) is 19.2 Å². The number of aliphatic carboxylic acids is 1. The zero-order chi connectivity index (χ0) is 27.5. The number of benzene rings is 3. The standard InChI is InChI=1S/C32H37FO5/c1-31(2,3)38-20-23-15-21(9-11-26(23)27-17-24(36-5)10-12-29(27)33)19-37-25-8-6-7-22(16-25)28(18-30(34)35)32(4)13-14-32/h6-12,15-17,28H,13-14,18-20H2,1-5H3,(H,34,35)/t28-/m0/s1. The first-order chi connectivity index (χ1) is 18.0. The summed E-state index contributed by atoms with van der Waals surface area (Å²) < 4.78 is 32.4. The fourth-order valence-electron chi connectivity index (χ4n) is 4.73. The van der Waals surface area contributed by atoms with Crippen LogP contribution in [0.4, 0.5) is 4.39 Å². The van der Waals surface area contributed by atoms with E-state index in [4.69, 9.17) is 14.2 Å². The van der Waals surface area contributed by atoms with E-state index in [-0.39, 0.29) is 29.2 Å². The van der Waals surface area contributed by atoms with E-state index in [2.05, 4.69) is 6.92 Å². The maximum absolute atomic E-state index is 14.8. The maximum Gasteiger partial charge on any atom is 0.303 e. The van der Waals surface area contributed by atoms with Gasteiger partial charge in [-0.25, -0.2) is 4.39 Å². The molecule has 38 heavy (non-hydrogen) atoms. The molecule has 0 unspecified atom stereocenters. The smallest absolute Gasteiger partial charge is 0.303 e. The topological polar surface area (TPSA) is 65.0 Å². The minimum atomic E-state index is -0.785. The van der Waals surface area contributed by atoms with Crippen molar-refractivity contribution >= 4 is 5.97 Å². The lowest BCUT2D eigenvalue weighted by Gasteiger charge is -2.23. The van der Waals surface area contributed by atoms with Crippen molar-refractivity contribution in [3.05, 3.63) is 83.2 Å². The molecule has 1 N–H and O–H groups in total. The van der Waals surface area contributed by atoms with Gasteiger partial charge < -0.3 is 19.3 Å². The Morgan fingerprint density at radius 2 is 1.76 bits per heavy atom. The Kier molecular flexibility index (Phi) is 8.12.